The summed E-state index contributed by atoms with van der Waals surface area (Å²) in [6.07, 6.45) is 2.36. The van der Waals surface area contributed by atoms with Gasteiger partial charge in [-0.05, 0) is 49.2 Å². The van der Waals surface area contributed by atoms with Crippen molar-refractivity contribution in [1.82, 2.24) is 0 Å². The molecule has 0 N–H and O–H groups in total. The van der Waals surface area contributed by atoms with Crippen molar-refractivity contribution in [3.8, 4) is 5.75 Å². The molecule has 0 aliphatic carbocycles. The first-order valence-corrected chi connectivity index (χ1v) is 9.68. The van der Waals surface area contributed by atoms with E-state index in [2.05, 4.69) is 6.07 Å². The van der Waals surface area contributed by atoms with Crippen molar-refractivity contribution in [2.24, 2.45) is 0 Å². The number of rotatable bonds is 4. The molecule has 2 aliphatic heterocycles. The lowest BCUT2D eigenvalue weighted by molar-refractivity contribution is 0.0679. The van der Waals surface area contributed by atoms with Crippen molar-refractivity contribution in [2.45, 2.75) is 23.8 Å². The van der Waals surface area contributed by atoms with Crippen LogP contribution in [0.2, 0.25) is 0 Å². The zero-order valence-electron chi connectivity index (χ0n) is 14.0. The van der Waals surface area contributed by atoms with E-state index < -0.39 is 0 Å². The van der Waals surface area contributed by atoms with Gasteiger partial charge in [0, 0.05) is 29.4 Å². The van der Waals surface area contributed by atoms with Gasteiger partial charge in [-0.1, -0.05) is 12.1 Å². The summed E-state index contributed by atoms with van der Waals surface area (Å²) < 4.78 is 11.3. The van der Waals surface area contributed by atoms with Crippen LogP contribution < -0.4 is 9.64 Å². The maximum atomic E-state index is 12.9. The third kappa shape index (κ3) is 3.67. The van der Waals surface area contributed by atoms with Crippen molar-refractivity contribution in [1.29, 1.82) is 0 Å². The minimum atomic E-state index is 0.0402. The van der Waals surface area contributed by atoms with E-state index >= 15 is 0 Å². The predicted molar refractivity (Wildman–Crippen MR) is 99.8 cm³/mol. The van der Waals surface area contributed by atoms with E-state index in [1.165, 1.54) is 4.90 Å². The van der Waals surface area contributed by atoms with E-state index in [1.54, 1.807) is 11.8 Å². The first kappa shape index (κ1) is 16.5. The molecule has 2 heterocycles. The number of ether oxygens (including phenoxy) is 2. The number of anilines is 1. The van der Waals surface area contributed by atoms with Gasteiger partial charge in [0.25, 0.3) is 5.91 Å². The number of fused-ring (bicyclic) bond motifs is 1. The molecule has 5 heteroatoms. The number of carbonyl (C=O) groups is 1. The van der Waals surface area contributed by atoms with Gasteiger partial charge in [0.05, 0.1) is 11.8 Å². The largest absolute Gasteiger partial charge is 0.491 e. The number of thioether (sulfide) groups is 1. The molecule has 25 heavy (non-hydrogen) atoms. The van der Waals surface area contributed by atoms with Gasteiger partial charge >= 0.3 is 0 Å². The molecule has 2 aliphatic rings. The highest BCUT2D eigenvalue weighted by Gasteiger charge is 2.23. The van der Waals surface area contributed by atoms with Crippen LogP contribution >= 0.6 is 11.8 Å². The monoisotopic (exact) mass is 355 g/mol. The Kier molecular flexibility index (Phi) is 4.95. The van der Waals surface area contributed by atoms with E-state index in [0.29, 0.717) is 12.2 Å². The molecule has 130 valence electrons. The Hall–Kier alpha value is -1.98. The number of carbonyl (C=O) groups excluding carboxylic acids is 1. The number of para-hydroxylation sites is 1. The molecular weight excluding hydrogens is 334 g/mol. The smallest absolute Gasteiger partial charge is 0.258 e. The van der Waals surface area contributed by atoms with Gasteiger partial charge in [-0.2, -0.15) is 0 Å². The summed E-state index contributed by atoms with van der Waals surface area (Å²) in [4.78, 5) is 15.9. The highest BCUT2D eigenvalue weighted by Crippen LogP contribution is 2.35. The summed E-state index contributed by atoms with van der Waals surface area (Å²) in [6.45, 7) is 2.14. The molecule has 1 unspecified atom stereocenters. The lowest BCUT2D eigenvalue weighted by atomic mass is 10.1. The Morgan fingerprint density at radius 1 is 1.20 bits per heavy atom. The Morgan fingerprint density at radius 2 is 2.04 bits per heavy atom. The molecule has 4 nitrogen and oxygen atoms in total. The number of amides is 1. The van der Waals surface area contributed by atoms with Gasteiger partial charge in [-0.3, -0.25) is 4.79 Å². The van der Waals surface area contributed by atoms with E-state index in [0.717, 1.165) is 43.2 Å². The molecule has 0 spiro atoms. The summed E-state index contributed by atoms with van der Waals surface area (Å²) in [5.74, 6) is 1.74. The lowest BCUT2D eigenvalue weighted by Gasteiger charge is -2.29. The van der Waals surface area contributed by atoms with Crippen LogP contribution in [0.3, 0.4) is 0 Å². The van der Waals surface area contributed by atoms with E-state index in [4.69, 9.17) is 9.47 Å². The van der Waals surface area contributed by atoms with Crippen molar-refractivity contribution in [2.75, 3.05) is 30.4 Å². The van der Waals surface area contributed by atoms with Crippen molar-refractivity contribution < 1.29 is 14.3 Å². The molecule has 1 atom stereocenters. The molecule has 1 amide bonds. The summed E-state index contributed by atoms with van der Waals surface area (Å²) in [7, 11) is 0. The number of nitrogens with zero attached hydrogens (tertiary/aromatic N) is 1. The number of hydrogen-bond acceptors (Lipinski definition) is 4. The maximum absolute atomic E-state index is 12.9. The van der Waals surface area contributed by atoms with Crippen LogP contribution in [0.15, 0.2) is 53.4 Å². The molecule has 0 saturated carbocycles. The summed E-state index contributed by atoms with van der Waals surface area (Å²) in [5.41, 5.74) is 1.69. The quantitative estimate of drug-likeness (QED) is 0.831. The van der Waals surface area contributed by atoms with E-state index in [9.17, 15) is 4.79 Å². The van der Waals surface area contributed by atoms with E-state index in [-0.39, 0.29) is 12.0 Å². The van der Waals surface area contributed by atoms with Crippen LogP contribution in [-0.4, -0.2) is 37.5 Å². The van der Waals surface area contributed by atoms with Crippen LogP contribution in [0.25, 0.3) is 0 Å². The molecular formula is C20H21NO3S. The summed E-state index contributed by atoms with van der Waals surface area (Å²) >= 11 is 1.80. The lowest BCUT2D eigenvalue weighted by Crippen LogP contribution is -2.35. The Bertz CT molecular complexity index is 741. The number of benzene rings is 2. The molecule has 4 rings (SSSR count). The first-order chi connectivity index (χ1) is 12.3. The fourth-order valence-electron chi connectivity index (χ4n) is 3.20. The molecule has 1 fully saturated rings. The molecule has 0 aromatic heterocycles. The Morgan fingerprint density at radius 3 is 2.84 bits per heavy atom. The highest BCUT2D eigenvalue weighted by molar-refractivity contribution is 7.99. The zero-order valence-corrected chi connectivity index (χ0v) is 14.8. The molecule has 1 saturated heterocycles. The van der Waals surface area contributed by atoms with Gasteiger partial charge in [-0.25, -0.2) is 0 Å². The summed E-state index contributed by atoms with van der Waals surface area (Å²) in [6, 6.07) is 15.5. The molecule has 0 radical (unpaired) electrons. The predicted octanol–water partition coefficient (Wildman–Crippen LogP) is 4.00. The average molecular weight is 355 g/mol. The van der Waals surface area contributed by atoms with Crippen LogP contribution in [0.4, 0.5) is 5.69 Å². The van der Waals surface area contributed by atoms with Gasteiger partial charge in [0.15, 0.2) is 0 Å². The van der Waals surface area contributed by atoms with Crippen LogP contribution in [0.5, 0.6) is 5.75 Å². The molecule has 2 aromatic rings. The van der Waals surface area contributed by atoms with Crippen LogP contribution in [-0.2, 0) is 4.74 Å². The third-order valence-electron chi connectivity index (χ3n) is 4.53. The fraction of sp³-hybridized carbons (Fsp3) is 0.350. The highest BCUT2D eigenvalue weighted by atomic mass is 32.2. The van der Waals surface area contributed by atoms with Crippen molar-refractivity contribution >= 4 is 23.4 Å². The summed E-state index contributed by atoms with van der Waals surface area (Å²) in [5, 5.41) is 0. The second-order valence-corrected chi connectivity index (χ2v) is 7.38. The van der Waals surface area contributed by atoms with Crippen LogP contribution in [0.1, 0.15) is 23.2 Å². The molecule has 2 aromatic carbocycles. The zero-order chi connectivity index (χ0) is 17.1. The van der Waals surface area contributed by atoms with Gasteiger partial charge in [0.2, 0.25) is 0 Å². The maximum Gasteiger partial charge on any atom is 0.258 e. The first-order valence-electron chi connectivity index (χ1n) is 8.69. The SMILES string of the molecule is O=C(c1ccc(OCC2CCCO2)cc1)N1CCSc2ccccc21. The second-order valence-electron chi connectivity index (χ2n) is 6.24. The van der Waals surface area contributed by atoms with E-state index in [1.807, 2.05) is 47.4 Å². The van der Waals surface area contributed by atoms with Gasteiger partial charge in [-0.15, -0.1) is 11.8 Å². The minimum Gasteiger partial charge on any atom is -0.491 e. The van der Waals surface area contributed by atoms with Gasteiger partial charge in [0.1, 0.15) is 12.4 Å². The number of hydrogen-bond donors (Lipinski definition) is 0. The topological polar surface area (TPSA) is 38.8 Å². The minimum absolute atomic E-state index is 0.0402. The van der Waals surface area contributed by atoms with Crippen LogP contribution in [0, 0.1) is 0 Å². The normalized spacial score (nSPS) is 19.5. The van der Waals surface area contributed by atoms with Gasteiger partial charge < -0.3 is 14.4 Å². The van der Waals surface area contributed by atoms with Crippen molar-refractivity contribution in [3.05, 3.63) is 54.1 Å². The average Bonchev–Trinajstić information content (AvgIpc) is 3.19. The molecule has 0 bridgehead atoms. The van der Waals surface area contributed by atoms with Crippen molar-refractivity contribution in [3.63, 3.8) is 0 Å². The fourth-order valence-corrected chi connectivity index (χ4v) is 4.19. The standard InChI is InChI=1S/C20H21NO3S/c22-20(21-11-13-25-19-6-2-1-5-18(19)21)15-7-9-16(10-8-15)24-14-17-4-3-12-23-17/h1-2,5-10,17H,3-4,11-14H2. The third-order valence-corrected chi connectivity index (χ3v) is 5.58. The Labute approximate surface area is 152 Å². The second kappa shape index (κ2) is 7.50. The Balaban J connectivity index is 1.44.